The minimum atomic E-state index is 0.166. The Balaban J connectivity index is 2.26. The maximum absolute atomic E-state index is 6.05. The maximum atomic E-state index is 6.05. The number of para-hydroxylation sites is 1. The molecule has 2 aromatic rings. The highest BCUT2D eigenvalue weighted by Gasteiger charge is 2.27. The van der Waals surface area contributed by atoms with Gasteiger partial charge in [-0.25, -0.2) is 4.98 Å². The van der Waals surface area contributed by atoms with E-state index < -0.39 is 0 Å². The lowest BCUT2D eigenvalue weighted by Crippen LogP contribution is -1.88. The van der Waals surface area contributed by atoms with E-state index in [0.717, 1.165) is 23.1 Å². The summed E-state index contributed by atoms with van der Waals surface area (Å²) in [5.41, 5.74) is 1.94. The van der Waals surface area contributed by atoms with Gasteiger partial charge in [-0.15, -0.1) is 0 Å². The van der Waals surface area contributed by atoms with Crippen LogP contribution < -0.4 is 0 Å². The molecular weight excluding hydrogens is 198 g/mol. The number of rotatable bonds is 1. The molecule has 2 heterocycles. The molecule has 0 aliphatic carbocycles. The first-order valence-corrected chi connectivity index (χ1v) is 4.89. The molecule has 1 aromatic carbocycles. The van der Waals surface area contributed by atoms with Crippen molar-refractivity contribution >= 4 is 22.5 Å². The molecule has 3 heteroatoms. The molecule has 1 aliphatic rings. The van der Waals surface area contributed by atoms with E-state index in [9.17, 15) is 0 Å². The maximum Gasteiger partial charge on any atom is 0.135 e. The van der Waals surface area contributed by atoms with E-state index in [4.69, 9.17) is 16.3 Å². The highest BCUT2D eigenvalue weighted by molar-refractivity contribution is 6.30. The molecule has 2 nitrogen and oxygen atoms in total. The Kier molecular flexibility index (Phi) is 1.72. The van der Waals surface area contributed by atoms with Gasteiger partial charge in [-0.05, 0) is 12.1 Å². The standard InChI is InChI=1S/C11H8ClNO/c12-11-8(10-6-14-10)5-7-3-1-2-4-9(7)13-11/h1-5,10H,6H2/t10-/m1/s1. The van der Waals surface area contributed by atoms with Crippen molar-refractivity contribution in [2.24, 2.45) is 0 Å². The molecule has 0 bridgehead atoms. The number of hydrogen-bond donors (Lipinski definition) is 0. The van der Waals surface area contributed by atoms with Crippen LogP contribution in [0.2, 0.25) is 5.15 Å². The molecule has 1 atom stereocenters. The normalized spacial score (nSPS) is 19.9. The van der Waals surface area contributed by atoms with Gasteiger partial charge in [-0.3, -0.25) is 0 Å². The van der Waals surface area contributed by atoms with Gasteiger partial charge in [0, 0.05) is 10.9 Å². The first-order chi connectivity index (χ1) is 6.84. The third kappa shape index (κ3) is 1.27. The van der Waals surface area contributed by atoms with Gasteiger partial charge in [0.25, 0.3) is 0 Å². The van der Waals surface area contributed by atoms with Crippen LogP contribution in [0.1, 0.15) is 11.7 Å². The van der Waals surface area contributed by atoms with Gasteiger partial charge in [0.05, 0.1) is 12.1 Å². The van der Waals surface area contributed by atoms with Crippen molar-refractivity contribution in [2.45, 2.75) is 6.10 Å². The number of ether oxygens (including phenoxy) is 1. The van der Waals surface area contributed by atoms with Crippen molar-refractivity contribution in [3.63, 3.8) is 0 Å². The first kappa shape index (κ1) is 8.21. The number of hydrogen-bond acceptors (Lipinski definition) is 2. The second-order valence-electron chi connectivity index (χ2n) is 3.38. The highest BCUT2D eigenvalue weighted by atomic mass is 35.5. The lowest BCUT2D eigenvalue weighted by atomic mass is 10.1. The van der Waals surface area contributed by atoms with Crippen LogP contribution in [-0.2, 0) is 4.74 Å². The Hall–Kier alpha value is -1.12. The van der Waals surface area contributed by atoms with Gasteiger partial charge in [0.15, 0.2) is 0 Å². The van der Waals surface area contributed by atoms with Gasteiger partial charge < -0.3 is 4.74 Å². The molecule has 0 radical (unpaired) electrons. The Morgan fingerprint density at radius 1 is 1.36 bits per heavy atom. The van der Waals surface area contributed by atoms with Crippen molar-refractivity contribution in [1.82, 2.24) is 4.98 Å². The van der Waals surface area contributed by atoms with Crippen molar-refractivity contribution in [2.75, 3.05) is 6.61 Å². The van der Waals surface area contributed by atoms with Crippen molar-refractivity contribution in [3.05, 3.63) is 41.0 Å². The summed E-state index contributed by atoms with van der Waals surface area (Å²) >= 11 is 6.05. The predicted octanol–water partition coefficient (Wildman–Crippen LogP) is 2.96. The minimum absolute atomic E-state index is 0.166. The summed E-state index contributed by atoms with van der Waals surface area (Å²) in [6.07, 6.45) is 0.166. The molecule has 0 unspecified atom stereocenters. The van der Waals surface area contributed by atoms with Crippen LogP contribution >= 0.6 is 11.6 Å². The molecule has 1 fully saturated rings. The zero-order chi connectivity index (χ0) is 9.54. The quantitative estimate of drug-likeness (QED) is 0.528. The summed E-state index contributed by atoms with van der Waals surface area (Å²) < 4.78 is 5.20. The van der Waals surface area contributed by atoms with Crippen LogP contribution in [0.25, 0.3) is 10.9 Å². The molecule has 14 heavy (non-hydrogen) atoms. The number of halogens is 1. The van der Waals surface area contributed by atoms with E-state index in [-0.39, 0.29) is 6.10 Å². The first-order valence-electron chi connectivity index (χ1n) is 4.51. The highest BCUT2D eigenvalue weighted by Crippen LogP contribution is 2.35. The molecule has 70 valence electrons. The summed E-state index contributed by atoms with van der Waals surface area (Å²) in [5.74, 6) is 0. The number of benzene rings is 1. The number of pyridine rings is 1. The fraction of sp³-hybridized carbons (Fsp3) is 0.182. The molecule has 1 aromatic heterocycles. The van der Waals surface area contributed by atoms with Crippen LogP contribution in [0, 0.1) is 0 Å². The van der Waals surface area contributed by atoms with E-state index in [1.807, 2.05) is 24.3 Å². The number of aromatic nitrogens is 1. The summed E-state index contributed by atoms with van der Waals surface area (Å²) in [7, 11) is 0. The SMILES string of the molecule is Clc1nc2ccccc2cc1[C@H]1CO1. The molecule has 0 N–H and O–H groups in total. The third-order valence-corrected chi connectivity index (χ3v) is 2.69. The Morgan fingerprint density at radius 3 is 2.93 bits per heavy atom. The monoisotopic (exact) mass is 205 g/mol. The van der Waals surface area contributed by atoms with Crippen molar-refractivity contribution in [3.8, 4) is 0 Å². The number of nitrogens with zero attached hydrogens (tertiary/aromatic N) is 1. The molecule has 0 spiro atoms. The summed E-state index contributed by atoms with van der Waals surface area (Å²) in [6.45, 7) is 0.764. The molecular formula is C11H8ClNO. The van der Waals surface area contributed by atoms with Crippen LogP contribution in [0.5, 0.6) is 0 Å². The van der Waals surface area contributed by atoms with Crippen molar-refractivity contribution in [1.29, 1.82) is 0 Å². The fourth-order valence-corrected chi connectivity index (χ4v) is 1.83. The van der Waals surface area contributed by atoms with Gasteiger partial charge >= 0.3 is 0 Å². The molecule has 1 aliphatic heterocycles. The van der Waals surface area contributed by atoms with Gasteiger partial charge in [-0.2, -0.15) is 0 Å². The smallest absolute Gasteiger partial charge is 0.135 e. The van der Waals surface area contributed by atoms with E-state index in [0.29, 0.717) is 5.15 Å². The number of fused-ring (bicyclic) bond motifs is 1. The Bertz CT molecular complexity index is 494. The fourth-order valence-electron chi connectivity index (χ4n) is 1.56. The minimum Gasteiger partial charge on any atom is -0.368 e. The summed E-state index contributed by atoms with van der Waals surface area (Å²) in [5, 5.41) is 1.67. The lowest BCUT2D eigenvalue weighted by molar-refractivity contribution is 0.415. The average Bonchev–Trinajstić information content (AvgIpc) is 3.00. The Labute approximate surface area is 86.5 Å². The zero-order valence-electron chi connectivity index (χ0n) is 7.40. The van der Waals surface area contributed by atoms with Gasteiger partial charge in [0.1, 0.15) is 11.3 Å². The second-order valence-corrected chi connectivity index (χ2v) is 3.74. The van der Waals surface area contributed by atoms with E-state index >= 15 is 0 Å². The second kappa shape index (κ2) is 2.94. The van der Waals surface area contributed by atoms with Gasteiger partial charge in [0.2, 0.25) is 0 Å². The summed E-state index contributed by atoms with van der Waals surface area (Å²) in [6, 6.07) is 10.0. The molecule has 1 saturated heterocycles. The van der Waals surface area contributed by atoms with Crippen LogP contribution in [0.4, 0.5) is 0 Å². The van der Waals surface area contributed by atoms with E-state index in [2.05, 4.69) is 11.1 Å². The zero-order valence-corrected chi connectivity index (χ0v) is 8.16. The largest absolute Gasteiger partial charge is 0.368 e. The van der Waals surface area contributed by atoms with Crippen LogP contribution in [0.15, 0.2) is 30.3 Å². The Morgan fingerprint density at radius 2 is 2.14 bits per heavy atom. The number of epoxide rings is 1. The third-order valence-electron chi connectivity index (χ3n) is 2.38. The summed E-state index contributed by atoms with van der Waals surface area (Å²) in [4.78, 5) is 4.32. The predicted molar refractivity (Wildman–Crippen MR) is 55.4 cm³/mol. The topological polar surface area (TPSA) is 25.4 Å². The van der Waals surface area contributed by atoms with E-state index in [1.165, 1.54) is 0 Å². The van der Waals surface area contributed by atoms with Crippen molar-refractivity contribution < 1.29 is 4.74 Å². The molecule has 0 amide bonds. The average molecular weight is 206 g/mol. The van der Waals surface area contributed by atoms with Crippen LogP contribution in [-0.4, -0.2) is 11.6 Å². The van der Waals surface area contributed by atoms with E-state index in [1.54, 1.807) is 0 Å². The molecule has 0 saturated carbocycles. The van der Waals surface area contributed by atoms with Crippen LogP contribution in [0.3, 0.4) is 0 Å². The van der Waals surface area contributed by atoms with Gasteiger partial charge in [-0.1, -0.05) is 29.8 Å². The lowest BCUT2D eigenvalue weighted by Gasteiger charge is -2.02. The molecule has 3 rings (SSSR count).